The number of aliphatic imine (C=N–C) groups is 1. The van der Waals surface area contributed by atoms with Crippen LogP contribution in [0.3, 0.4) is 0 Å². The van der Waals surface area contributed by atoms with Crippen LogP contribution in [0.15, 0.2) is 4.99 Å². The van der Waals surface area contributed by atoms with Crippen molar-refractivity contribution in [3.8, 4) is 0 Å². The molecule has 0 aromatic heterocycles. The molecule has 0 aromatic carbocycles. The van der Waals surface area contributed by atoms with Gasteiger partial charge >= 0.3 is 0 Å². The summed E-state index contributed by atoms with van der Waals surface area (Å²) in [6.07, 6.45) is 4.68. The highest BCUT2D eigenvalue weighted by Gasteiger charge is 2.33. The lowest BCUT2D eigenvalue weighted by molar-refractivity contribution is 0.322. The van der Waals surface area contributed by atoms with Gasteiger partial charge in [0.2, 0.25) is 0 Å². The largest absolute Gasteiger partial charge is 0.355 e. The molecule has 0 amide bonds. The van der Waals surface area contributed by atoms with Gasteiger partial charge in [-0.2, -0.15) is 11.8 Å². The second-order valence-corrected chi connectivity index (χ2v) is 6.59. The molecule has 3 nitrogen and oxygen atoms in total. The van der Waals surface area contributed by atoms with Gasteiger partial charge in [0.15, 0.2) is 5.96 Å². The van der Waals surface area contributed by atoms with Crippen molar-refractivity contribution >= 4 is 17.7 Å². The van der Waals surface area contributed by atoms with Gasteiger partial charge in [0, 0.05) is 31.9 Å². The lowest BCUT2D eigenvalue weighted by Gasteiger charge is -2.26. The molecule has 4 heteroatoms. The maximum absolute atomic E-state index is 4.40. The summed E-state index contributed by atoms with van der Waals surface area (Å²) in [6, 6.07) is 0. The first-order chi connectivity index (χ1) is 8.04. The van der Waals surface area contributed by atoms with Crippen LogP contribution in [0.1, 0.15) is 33.6 Å². The predicted molar refractivity (Wildman–Crippen MR) is 78.9 cm³/mol. The van der Waals surface area contributed by atoms with Gasteiger partial charge in [-0.05, 0) is 24.5 Å². The summed E-state index contributed by atoms with van der Waals surface area (Å²) in [5, 5.41) is 4.11. The Labute approximate surface area is 110 Å². The van der Waals surface area contributed by atoms with E-state index in [4.69, 9.17) is 0 Å². The van der Waals surface area contributed by atoms with Crippen LogP contribution in [0.5, 0.6) is 0 Å². The van der Waals surface area contributed by atoms with E-state index in [1.807, 2.05) is 18.8 Å². The van der Waals surface area contributed by atoms with E-state index >= 15 is 0 Å². The monoisotopic (exact) mass is 257 g/mol. The highest BCUT2D eigenvalue weighted by molar-refractivity contribution is 7.99. The van der Waals surface area contributed by atoms with Crippen molar-refractivity contribution < 1.29 is 0 Å². The molecule has 1 rings (SSSR count). The van der Waals surface area contributed by atoms with Crippen molar-refractivity contribution in [1.29, 1.82) is 0 Å². The van der Waals surface area contributed by atoms with Crippen LogP contribution in [0.25, 0.3) is 0 Å². The number of hydrogen-bond acceptors (Lipinski definition) is 2. The number of guanidine groups is 1. The number of thioether (sulfide) groups is 1. The highest BCUT2D eigenvalue weighted by Crippen LogP contribution is 2.32. The van der Waals surface area contributed by atoms with Crippen LogP contribution in [0, 0.1) is 5.41 Å². The standard InChI is InChI=1S/C13H27N3S/c1-6-13(3)7-8-16(10-13)12(14-4)15-9-11(2)17-5/h11H,6-10H2,1-5H3,(H,14,15). The fourth-order valence-electron chi connectivity index (χ4n) is 2.14. The van der Waals surface area contributed by atoms with Gasteiger partial charge in [-0.15, -0.1) is 0 Å². The van der Waals surface area contributed by atoms with Gasteiger partial charge < -0.3 is 10.2 Å². The summed E-state index contributed by atoms with van der Waals surface area (Å²) >= 11 is 1.89. The van der Waals surface area contributed by atoms with Gasteiger partial charge in [-0.3, -0.25) is 4.99 Å². The third-order valence-electron chi connectivity index (χ3n) is 3.87. The van der Waals surface area contributed by atoms with Crippen molar-refractivity contribution in [2.45, 2.75) is 38.9 Å². The molecule has 1 fully saturated rings. The number of nitrogens with one attached hydrogen (secondary N) is 1. The Hall–Kier alpha value is -0.380. The van der Waals surface area contributed by atoms with Crippen molar-refractivity contribution in [2.75, 3.05) is 32.9 Å². The second kappa shape index (κ2) is 6.53. The lowest BCUT2D eigenvalue weighted by Crippen LogP contribution is -2.42. The van der Waals surface area contributed by atoms with Gasteiger partial charge in [0.05, 0.1) is 0 Å². The van der Waals surface area contributed by atoms with E-state index in [9.17, 15) is 0 Å². The second-order valence-electron chi connectivity index (χ2n) is 5.31. The molecule has 1 aliphatic rings. The molecule has 0 spiro atoms. The molecule has 1 heterocycles. The molecule has 2 unspecified atom stereocenters. The molecular formula is C13H27N3S. The van der Waals surface area contributed by atoms with E-state index in [0.29, 0.717) is 10.7 Å². The molecule has 0 bridgehead atoms. The molecule has 0 radical (unpaired) electrons. The Morgan fingerprint density at radius 1 is 1.59 bits per heavy atom. The van der Waals surface area contributed by atoms with Gasteiger partial charge in [-0.1, -0.05) is 20.8 Å². The minimum absolute atomic E-state index is 0.475. The first-order valence-electron chi connectivity index (χ1n) is 6.53. The van der Waals surface area contributed by atoms with Crippen molar-refractivity contribution in [2.24, 2.45) is 10.4 Å². The number of rotatable bonds is 4. The number of likely N-dealkylation sites (tertiary alicyclic amines) is 1. The van der Waals surface area contributed by atoms with Gasteiger partial charge in [-0.25, -0.2) is 0 Å². The zero-order valence-electron chi connectivity index (χ0n) is 11.9. The van der Waals surface area contributed by atoms with Crippen LogP contribution < -0.4 is 5.32 Å². The van der Waals surface area contributed by atoms with E-state index in [1.54, 1.807) is 0 Å². The lowest BCUT2D eigenvalue weighted by atomic mass is 9.87. The Balaban J connectivity index is 2.48. The fourth-order valence-corrected chi connectivity index (χ4v) is 2.39. The predicted octanol–water partition coefficient (Wildman–Crippen LogP) is 2.44. The van der Waals surface area contributed by atoms with Gasteiger partial charge in [0.1, 0.15) is 0 Å². The summed E-state index contributed by atoms with van der Waals surface area (Å²) in [5.74, 6) is 1.07. The van der Waals surface area contributed by atoms with Gasteiger partial charge in [0.25, 0.3) is 0 Å². The van der Waals surface area contributed by atoms with E-state index in [1.165, 1.54) is 12.8 Å². The Morgan fingerprint density at radius 3 is 2.76 bits per heavy atom. The zero-order valence-corrected chi connectivity index (χ0v) is 12.7. The molecule has 17 heavy (non-hydrogen) atoms. The van der Waals surface area contributed by atoms with Crippen LogP contribution in [-0.2, 0) is 0 Å². The Kier molecular flexibility index (Phi) is 5.63. The molecule has 1 aliphatic heterocycles. The number of nitrogens with zero attached hydrogens (tertiary/aromatic N) is 2. The molecule has 2 atom stereocenters. The van der Waals surface area contributed by atoms with Crippen molar-refractivity contribution in [3.63, 3.8) is 0 Å². The Morgan fingerprint density at radius 2 is 2.29 bits per heavy atom. The third kappa shape index (κ3) is 4.09. The minimum atomic E-state index is 0.475. The maximum atomic E-state index is 4.40. The normalized spacial score (nSPS) is 27.4. The summed E-state index contributed by atoms with van der Waals surface area (Å²) in [6.45, 7) is 10.2. The molecular weight excluding hydrogens is 230 g/mol. The van der Waals surface area contributed by atoms with Crippen LogP contribution in [-0.4, -0.2) is 49.0 Å². The zero-order chi connectivity index (χ0) is 12.9. The highest BCUT2D eigenvalue weighted by atomic mass is 32.2. The average molecular weight is 257 g/mol. The quantitative estimate of drug-likeness (QED) is 0.619. The van der Waals surface area contributed by atoms with Crippen LogP contribution >= 0.6 is 11.8 Å². The first-order valence-corrected chi connectivity index (χ1v) is 7.82. The van der Waals surface area contributed by atoms with Crippen molar-refractivity contribution in [1.82, 2.24) is 10.2 Å². The third-order valence-corrected chi connectivity index (χ3v) is 4.84. The summed E-state index contributed by atoms with van der Waals surface area (Å²) < 4.78 is 0. The minimum Gasteiger partial charge on any atom is -0.355 e. The van der Waals surface area contributed by atoms with E-state index in [0.717, 1.165) is 25.6 Å². The average Bonchev–Trinajstić information content (AvgIpc) is 2.73. The molecule has 0 saturated carbocycles. The van der Waals surface area contributed by atoms with Crippen LogP contribution in [0.2, 0.25) is 0 Å². The fraction of sp³-hybridized carbons (Fsp3) is 0.923. The van der Waals surface area contributed by atoms with E-state index in [2.05, 4.69) is 42.2 Å². The first kappa shape index (κ1) is 14.7. The van der Waals surface area contributed by atoms with Crippen molar-refractivity contribution in [3.05, 3.63) is 0 Å². The molecule has 100 valence electrons. The molecule has 1 saturated heterocycles. The Bertz CT molecular complexity index is 267. The van der Waals surface area contributed by atoms with Crippen LogP contribution in [0.4, 0.5) is 0 Å². The summed E-state index contributed by atoms with van der Waals surface area (Å²) in [7, 11) is 1.88. The van der Waals surface area contributed by atoms with E-state index in [-0.39, 0.29) is 0 Å². The van der Waals surface area contributed by atoms with E-state index < -0.39 is 0 Å². The topological polar surface area (TPSA) is 27.6 Å². The molecule has 0 aliphatic carbocycles. The molecule has 1 N–H and O–H groups in total. The SMILES string of the molecule is CCC1(C)CCN(C(=NC)NCC(C)SC)C1. The molecule has 0 aromatic rings. The number of hydrogen-bond donors (Lipinski definition) is 1. The summed E-state index contributed by atoms with van der Waals surface area (Å²) in [4.78, 5) is 6.80. The smallest absolute Gasteiger partial charge is 0.193 e. The maximum Gasteiger partial charge on any atom is 0.193 e. The summed E-state index contributed by atoms with van der Waals surface area (Å²) in [5.41, 5.74) is 0.475.